The van der Waals surface area contributed by atoms with Crippen LogP contribution in [-0.2, 0) is 9.59 Å². The molecule has 3 nitrogen and oxygen atoms in total. The number of ketones is 1. The second-order valence-electron chi connectivity index (χ2n) is 6.78. The lowest BCUT2D eigenvalue weighted by Gasteiger charge is -2.16. The van der Waals surface area contributed by atoms with Gasteiger partial charge in [0.1, 0.15) is 0 Å². The molecule has 0 fully saturated rings. The van der Waals surface area contributed by atoms with Gasteiger partial charge in [0.05, 0.1) is 6.04 Å². The van der Waals surface area contributed by atoms with Gasteiger partial charge in [-0.15, -0.1) is 0 Å². The van der Waals surface area contributed by atoms with Crippen molar-refractivity contribution in [3.05, 3.63) is 12.2 Å². The molecule has 0 aromatic rings. The monoisotopic (exact) mass is 355 g/mol. The first-order valence-electron chi connectivity index (χ1n) is 9.56. The molecule has 0 saturated heterocycles. The summed E-state index contributed by atoms with van der Waals surface area (Å²) in [5, 5.41) is 2.89. The molecule has 0 bridgehead atoms. The Hall–Kier alpha value is -0.770. The zero-order valence-corrected chi connectivity index (χ0v) is 16.7. The molecule has 1 N–H and O–H groups in total. The first-order valence-corrected chi connectivity index (χ1v) is 10.2. The number of amides is 1. The molecule has 0 saturated carbocycles. The van der Waals surface area contributed by atoms with Gasteiger partial charge in [0.15, 0.2) is 5.78 Å². The van der Waals surface area contributed by atoms with Gasteiger partial charge < -0.3 is 5.32 Å². The van der Waals surface area contributed by atoms with E-state index >= 15 is 0 Å². The highest BCUT2D eigenvalue weighted by atomic mass is 32.1. The molecular formula is C20H37NO2S. The number of carbonyl (C=O) groups excluding carboxylic acids is 2. The Balaban J connectivity index is 3.96. The van der Waals surface area contributed by atoms with Crippen molar-refractivity contribution in [3.63, 3.8) is 0 Å². The summed E-state index contributed by atoms with van der Waals surface area (Å²) in [5.74, 6) is 1.63. The van der Waals surface area contributed by atoms with Crippen LogP contribution in [0.1, 0.15) is 85.0 Å². The van der Waals surface area contributed by atoms with E-state index in [0.29, 0.717) is 6.42 Å². The molecular weight excluding hydrogens is 318 g/mol. The number of nitrogens with one attached hydrogen (secondary N) is 1. The molecule has 2 atom stereocenters. The van der Waals surface area contributed by atoms with Gasteiger partial charge in [0, 0.05) is 6.42 Å². The van der Waals surface area contributed by atoms with Gasteiger partial charge in [0.25, 0.3) is 0 Å². The summed E-state index contributed by atoms with van der Waals surface area (Å²) in [4.78, 5) is 23.7. The maximum absolute atomic E-state index is 11.9. The summed E-state index contributed by atoms with van der Waals surface area (Å²) in [6.45, 7) is 6.10. The second kappa shape index (κ2) is 15.7. The van der Waals surface area contributed by atoms with E-state index in [0.717, 1.165) is 43.8 Å². The van der Waals surface area contributed by atoms with Crippen molar-refractivity contribution >= 4 is 24.3 Å². The lowest BCUT2D eigenvalue weighted by molar-refractivity contribution is -0.127. The standard InChI is InChI=1S/C20H37NO2S/c1-4-5-12-17(2)13-9-10-14-19(18(3)22)21-20(23)15-8-6-7-11-16-24/h6-7,17,19,24H,4-5,8-16H2,1-3H3,(H,21,23)/b7-6+/t17-,19?/m1/s1. The van der Waals surface area contributed by atoms with Crippen LogP contribution in [0.4, 0.5) is 0 Å². The SMILES string of the molecule is CCCC[C@@H](C)CCCCC(NC(=O)CC/C=C/CCS)C(C)=O. The highest BCUT2D eigenvalue weighted by Gasteiger charge is 2.16. The third-order valence-electron chi connectivity index (χ3n) is 4.32. The van der Waals surface area contributed by atoms with Crippen LogP contribution < -0.4 is 5.32 Å². The van der Waals surface area contributed by atoms with Crippen LogP contribution in [0.2, 0.25) is 0 Å². The third-order valence-corrected chi connectivity index (χ3v) is 4.57. The van der Waals surface area contributed by atoms with Crippen LogP contribution in [0.3, 0.4) is 0 Å². The normalized spacial score (nSPS) is 13.8. The molecule has 0 aliphatic heterocycles. The van der Waals surface area contributed by atoms with Gasteiger partial charge in [-0.3, -0.25) is 9.59 Å². The van der Waals surface area contributed by atoms with Crippen molar-refractivity contribution in [1.82, 2.24) is 5.32 Å². The number of thiol groups is 1. The van der Waals surface area contributed by atoms with Crippen LogP contribution in [0.15, 0.2) is 12.2 Å². The van der Waals surface area contributed by atoms with E-state index in [-0.39, 0.29) is 17.7 Å². The molecule has 0 spiro atoms. The van der Waals surface area contributed by atoms with Crippen molar-refractivity contribution in [1.29, 1.82) is 0 Å². The molecule has 0 heterocycles. The topological polar surface area (TPSA) is 46.2 Å². The average Bonchev–Trinajstić information content (AvgIpc) is 2.55. The minimum Gasteiger partial charge on any atom is -0.346 e. The summed E-state index contributed by atoms with van der Waals surface area (Å²) in [6, 6.07) is -0.315. The second-order valence-corrected chi connectivity index (χ2v) is 7.23. The zero-order valence-electron chi connectivity index (χ0n) is 15.9. The molecule has 0 aliphatic carbocycles. The van der Waals surface area contributed by atoms with E-state index in [4.69, 9.17) is 0 Å². The average molecular weight is 356 g/mol. The molecule has 0 radical (unpaired) electrons. The molecule has 0 aliphatic rings. The van der Waals surface area contributed by atoms with Gasteiger partial charge in [-0.1, -0.05) is 64.5 Å². The van der Waals surface area contributed by atoms with E-state index in [1.807, 2.05) is 12.2 Å². The van der Waals surface area contributed by atoms with Gasteiger partial charge in [-0.05, 0) is 37.9 Å². The number of rotatable bonds is 15. The minimum atomic E-state index is -0.315. The van der Waals surface area contributed by atoms with Crippen LogP contribution in [0.5, 0.6) is 0 Å². The number of hydrogen-bond donors (Lipinski definition) is 2. The fourth-order valence-corrected chi connectivity index (χ4v) is 2.86. The Morgan fingerprint density at radius 2 is 1.67 bits per heavy atom. The maximum atomic E-state index is 11.9. The summed E-state index contributed by atoms with van der Waals surface area (Å²) in [6.07, 6.45) is 14.1. The van der Waals surface area contributed by atoms with E-state index in [9.17, 15) is 9.59 Å². The quantitative estimate of drug-likeness (QED) is 0.244. The van der Waals surface area contributed by atoms with E-state index in [1.165, 1.54) is 25.7 Å². The molecule has 24 heavy (non-hydrogen) atoms. The number of unbranched alkanes of at least 4 members (excludes halogenated alkanes) is 2. The Bertz CT molecular complexity index is 369. The van der Waals surface area contributed by atoms with Crippen molar-refractivity contribution in [2.75, 3.05) is 5.75 Å². The van der Waals surface area contributed by atoms with Crippen LogP contribution in [0, 0.1) is 5.92 Å². The fourth-order valence-electron chi connectivity index (χ4n) is 2.71. The third kappa shape index (κ3) is 13.6. The zero-order chi connectivity index (χ0) is 18.2. The smallest absolute Gasteiger partial charge is 0.220 e. The van der Waals surface area contributed by atoms with Crippen molar-refractivity contribution < 1.29 is 9.59 Å². The Kier molecular flexibility index (Phi) is 15.2. The molecule has 0 rings (SSSR count). The Morgan fingerprint density at radius 3 is 2.29 bits per heavy atom. The number of Topliss-reactive ketones (excluding diaryl/α,β-unsaturated/α-hetero) is 1. The predicted molar refractivity (Wildman–Crippen MR) is 107 cm³/mol. The molecule has 1 amide bonds. The van der Waals surface area contributed by atoms with E-state index in [2.05, 4.69) is 31.8 Å². The highest BCUT2D eigenvalue weighted by Crippen LogP contribution is 2.16. The Morgan fingerprint density at radius 1 is 1.04 bits per heavy atom. The van der Waals surface area contributed by atoms with Crippen LogP contribution >= 0.6 is 12.6 Å². The van der Waals surface area contributed by atoms with Gasteiger partial charge >= 0.3 is 0 Å². The molecule has 1 unspecified atom stereocenters. The lowest BCUT2D eigenvalue weighted by Crippen LogP contribution is -2.39. The van der Waals surface area contributed by atoms with Crippen molar-refractivity contribution in [2.24, 2.45) is 5.92 Å². The molecule has 140 valence electrons. The molecule has 4 heteroatoms. The van der Waals surface area contributed by atoms with Crippen molar-refractivity contribution in [2.45, 2.75) is 91.0 Å². The maximum Gasteiger partial charge on any atom is 0.220 e. The van der Waals surface area contributed by atoms with Gasteiger partial charge in [-0.2, -0.15) is 12.6 Å². The van der Waals surface area contributed by atoms with Gasteiger partial charge in [0.2, 0.25) is 5.91 Å². The molecule has 0 aromatic carbocycles. The largest absolute Gasteiger partial charge is 0.346 e. The predicted octanol–water partition coefficient (Wildman–Crippen LogP) is 5.10. The number of carbonyl (C=O) groups is 2. The fraction of sp³-hybridized carbons (Fsp3) is 0.800. The number of hydrogen-bond acceptors (Lipinski definition) is 3. The lowest BCUT2D eigenvalue weighted by atomic mass is 9.96. The minimum absolute atomic E-state index is 0.0259. The van der Waals surface area contributed by atoms with E-state index in [1.54, 1.807) is 6.92 Å². The van der Waals surface area contributed by atoms with Crippen LogP contribution in [0.25, 0.3) is 0 Å². The number of allylic oxidation sites excluding steroid dienone is 2. The Labute approximate surface area is 154 Å². The summed E-state index contributed by atoms with van der Waals surface area (Å²) in [7, 11) is 0. The first kappa shape index (κ1) is 23.2. The van der Waals surface area contributed by atoms with Crippen LogP contribution in [-0.4, -0.2) is 23.5 Å². The highest BCUT2D eigenvalue weighted by molar-refractivity contribution is 7.80. The molecule has 0 aromatic heterocycles. The first-order chi connectivity index (χ1) is 11.5. The van der Waals surface area contributed by atoms with E-state index < -0.39 is 0 Å². The van der Waals surface area contributed by atoms with Crippen molar-refractivity contribution in [3.8, 4) is 0 Å². The summed E-state index contributed by atoms with van der Waals surface area (Å²) < 4.78 is 0. The summed E-state index contributed by atoms with van der Waals surface area (Å²) in [5.41, 5.74) is 0. The summed E-state index contributed by atoms with van der Waals surface area (Å²) >= 11 is 4.13. The van der Waals surface area contributed by atoms with Gasteiger partial charge in [-0.25, -0.2) is 0 Å².